The number of pyridine rings is 1. The Kier molecular flexibility index (Phi) is 7.28. The van der Waals surface area contributed by atoms with Crippen molar-refractivity contribution in [1.29, 1.82) is 0 Å². The van der Waals surface area contributed by atoms with Gasteiger partial charge < -0.3 is 19.2 Å². The fourth-order valence-corrected chi connectivity index (χ4v) is 6.80. The summed E-state index contributed by atoms with van der Waals surface area (Å²) in [5, 5.41) is 2.40. The second kappa shape index (κ2) is 10.2. The highest BCUT2D eigenvalue weighted by Gasteiger charge is 2.49. The van der Waals surface area contributed by atoms with Crippen molar-refractivity contribution >= 4 is 51.3 Å². The zero-order valence-corrected chi connectivity index (χ0v) is 22.9. The van der Waals surface area contributed by atoms with Crippen molar-refractivity contribution in [1.82, 2.24) is 19.7 Å². The van der Waals surface area contributed by atoms with E-state index in [1.165, 1.54) is 11.8 Å². The first-order valence-electron chi connectivity index (χ1n) is 12.0. The molecule has 2 aliphatic heterocycles. The van der Waals surface area contributed by atoms with E-state index in [0.717, 1.165) is 42.0 Å². The van der Waals surface area contributed by atoms with Crippen LogP contribution in [-0.2, 0) is 16.1 Å². The number of hydrogen-bond donors (Lipinski definition) is 2. The Morgan fingerprint density at radius 3 is 2.72 bits per heavy atom. The summed E-state index contributed by atoms with van der Waals surface area (Å²) in [6, 6.07) is 5.70. The summed E-state index contributed by atoms with van der Waals surface area (Å²) >= 11 is 6.80. The van der Waals surface area contributed by atoms with Crippen LogP contribution in [0.1, 0.15) is 33.6 Å². The van der Waals surface area contributed by atoms with Crippen LogP contribution in [-0.4, -0.2) is 56.6 Å². The van der Waals surface area contributed by atoms with Gasteiger partial charge in [-0.15, -0.1) is 4.72 Å². The summed E-state index contributed by atoms with van der Waals surface area (Å²) in [5.74, 6) is 0.831. The van der Waals surface area contributed by atoms with Crippen LogP contribution in [0.15, 0.2) is 51.5 Å². The summed E-state index contributed by atoms with van der Waals surface area (Å²) < 4.78 is 21.6. The van der Waals surface area contributed by atoms with E-state index in [9.17, 15) is 9.35 Å². The number of nitrogens with one attached hydrogen (secondary N) is 2. The molecule has 2 aliphatic rings. The van der Waals surface area contributed by atoms with Gasteiger partial charge in [0.15, 0.2) is 0 Å². The molecule has 0 bridgehead atoms. The van der Waals surface area contributed by atoms with Crippen molar-refractivity contribution in [2.45, 2.75) is 54.3 Å². The third-order valence-corrected chi connectivity index (χ3v) is 10.1. The third-order valence-electron chi connectivity index (χ3n) is 6.97. The summed E-state index contributed by atoms with van der Waals surface area (Å²) in [5.41, 5.74) is -0.218. The van der Waals surface area contributed by atoms with Crippen molar-refractivity contribution in [3.63, 3.8) is 0 Å². The van der Waals surface area contributed by atoms with E-state index in [1.807, 2.05) is 39.0 Å². The SMILES string of the molecule is CC(C)(C)[S+]([O-])N[C@@H]1COCC12CCN(c1cnc(Sc3ccc4cc[nH]c(=O)c4c3Cl)cn1)CC2. The van der Waals surface area contributed by atoms with Crippen LogP contribution in [0.4, 0.5) is 5.82 Å². The number of halogens is 1. The lowest BCUT2D eigenvalue weighted by atomic mass is 9.75. The van der Waals surface area contributed by atoms with Gasteiger partial charge >= 0.3 is 0 Å². The van der Waals surface area contributed by atoms with Crippen molar-refractivity contribution in [2.24, 2.45) is 5.41 Å². The predicted octanol–water partition coefficient (Wildman–Crippen LogP) is 4.16. The standard InChI is InChI=1S/C25H30ClN5O3S2/c1-24(2,3)36(33)30-18-14-34-15-25(18)7-10-31(11-8-25)19-12-29-20(13-28-19)35-17-5-4-16-6-9-27-23(32)21(16)22(17)26/h4-6,9,12-13,18,30H,7-8,10-11,14-15H2,1-3H3,(H,27,32)/t18-,36?/m1/s1. The van der Waals surface area contributed by atoms with E-state index in [2.05, 4.69) is 24.6 Å². The van der Waals surface area contributed by atoms with E-state index in [1.54, 1.807) is 18.6 Å². The number of anilines is 1. The lowest BCUT2D eigenvalue weighted by Gasteiger charge is -2.42. The smallest absolute Gasteiger partial charge is 0.257 e. The second-order valence-electron chi connectivity index (χ2n) is 10.4. The fraction of sp³-hybridized carbons (Fsp3) is 0.480. The molecule has 8 nitrogen and oxygen atoms in total. The molecule has 2 fully saturated rings. The highest BCUT2D eigenvalue weighted by molar-refractivity contribution is 7.99. The maximum Gasteiger partial charge on any atom is 0.257 e. The molecule has 36 heavy (non-hydrogen) atoms. The van der Waals surface area contributed by atoms with Crippen LogP contribution in [0.5, 0.6) is 0 Å². The Morgan fingerprint density at radius 2 is 2.03 bits per heavy atom. The molecule has 0 aliphatic carbocycles. The third kappa shape index (κ3) is 5.12. The number of aromatic amines is 1. The Morgan fingerprint density at radius 1 is 1.25 bits per heavy atom. The molecule has 0 radical (unpaired) electrons. The Balaban J connectivity index is 1.24. The quantitative estimate of drug-likeness (QED) is 0.459. The van der Waals surface area contributed by atoms with Gasteiger partial charge in [-0.1, -0.05) is 29.4 Å². The normalized spacial score (nSPS) is 20.8. The molecule has 2 N–H and O–H groups in total. The molecule has 2 atom stereocenters. The van der Waals surface area contributed by atoms with E-state index in [4.69, 9.17) is 16.3 Å². The minimum Gasteiger partial charge on any atom is -0.598 e. The van der Waals surface area contributed by atoms with Crippen molar-refractivity contribution in [3.8, 4) is 0 Å². The van der Waals surface area contributed by atoms with Crippen LogP contribution in [0.2, 0.25) is 5.02 Å². The molecule has 4 heterocycles. The van der Waals surface area contributed by atoms with Gasteiger partial charge in [0.2, 0.25) is 0 Å². The monoisotopic (exact) mass is 547 g/mol. The molecule has 0 amide bonds. The molecule has 1 spiro atoms. The molecule has 192 valence electrons. The highest BCUT2D eigenvalue weighted by Crippen LogP contribution is 2.41. The molecule has 0 saturated carbocycles. The first kappa shape index (κ1) is 25.8. The predicted molar refractivity (Wildman–Crippen MR) is 145 cm³/mol. The number of H-pyrrole nitrogens is 1. The second-order valence-corrected chi connectivity index (χ2v) is 13.8. The number of rotatable bonds is 5. The van der Waals surface area contributed by atoms with E-state index < -0.39 is 11.4 Å². The van der Waals surface area contributed by atoms with Gasteiger partial charge in [0.05, 0.1) is 42.1 Å². The highest BCUT2D eigenvalue weighted by atomic mass is 35.5. The van der Waals surface area contributed by atoms with Crippen LogP contribution < -0.4 is 15.2 Å². The van der Waals surface area contributed by atoms with Gasteiger partial charge in [-0.2, -0.15) is 0 Å². The van der Waals surface area contributed by atoms with Gasteiger partial charge in [-0.25, -0.2) is 9.97 Å². The van der Waals surface area contributed by atoms with Crippen molar-refractivity contribution in [2.75, 3.05) is 31.2 Å². The minimum absolute atomic E-state index is 0.00862. The number of fused-ring (bicyclic) bond motifs is 1. The largest absolute Gasteiger partial charge is 0.598 e. The Bertz CT molecular complexity index is 1290. The van der Waals surface area contributed by atoms with Gasteiger partial charge in [0.25, 0.3) is 5.56 Å². The van der Waals surface area contributed by atoms with E-state index in [0.29, 0.717) is 28.6 Å². The average Bonchev–Trinajstić information content (AvgIpc) is 3.22. The molecule has 2 saturated heterocycles. The van der Waals surface area contributed by atoms with Crippen LogP contribution in [0.3, 0.4) is 0 Å². The number of ether oxygens (including phenoxy) is 1. The average molecular weight is 548 g/mol. The fourth-order valence-electron chi connectivity index (χ4n) is 4.73. The first-order chi connectivity index (χ1) is 17.2. The van der Waals surface area contributed by atoms with Crippen molar-refractivity contribution < 1.29 is 9.29 Å². The number of piperidine rings is 1. The number of hydrogen-bond acceptors (Lipinski definition) is 8. The lowest BCUT2D eigenvalue weighted by molar-refractivity contribution is 0.131. The molecule has 2 aromatic heterocycles. The number of nitrogens with zero attached hydrogens (tertiary/aromatic N) is 3. The van der Waals surface area contributed by atoms with Gasteiger partial charge in [0.1, 0.15) is 15.6 Å². The minimum atomic E-state index is -1.13. The summed E-state index contributed by atoms with van der Waals surface area (Å²) in [6.07, 6.45) is 7.02. The van der Waals surface area contributed by atoms with Crippen molar-refractivity contribution in [3.05, 3.63) is 52.2 Å². The van der Waals surface area contributed by atoms with Crippen LogP contribution in [0.25, 0.3) is 10.8 Å². The van der Waals surface area contributed by atoms with Crippen LogP contribution in [0, 0.1) is 5.41 Å². The van der Waals surface area contributed by atoms with Gasteiger partial charge in [-0.3, -0.25) is 4.79 Å². The summed E-state index contributed by atoms with van der Waals surface area (Å²) in [7, 11) is 0. The molecule has 5 rings (SSSR count). The van der Waals surface area contributed by atoms with E-state index >= 15 is 0 Å². The summed E-state index contributed by atoms with van der Waals surface area (Å²) in [4.78, 5) is 27.2. The van der Waals surface area contributed by atoms with Gasteiger partial charge in [0, 0.05) is 41.0 Å². The maximum atomic E-state index is 12.7. The molecular formula is C25H30ClN5O3S2. The Labute approximate surface area is 222 Å². The zero-order chi connectivity index (χ0) is 25.5. The zero-order valence-electron chi connectivity index (χ0n) is 20.5. The van der Waals surface area contributed by atoms with E-state index in [-0.39, 0.29) is 21.8 Å². The molecule has 3 aromatic rings. The summed E-state index contributed by atoms with van der Waals surface area (Å²) in [6.45, 7) is 8.90. The van der Waals surface area contributed by atoms with Crippen LogP contribution >= 0.6 is 23.4 Å². The topological polar surface area (TPSA) is 106 Å². The Hall–Kier alpha value is -1.82. The van der Waals surface area contributed by atoms with Gasteiger partial charge in [-0.05, 0) is 51.1 Å². The lowest BCUT2D eigenvalue weighted by Crippen LogP contribution is -2.55. The first-order valence-corrected chi connectivity index (χ1v) is 14.3. The number of benzene rings is 1. The molecule has 1 aromatic carbocycles. The maximum absolute atomic E-state index is 12.7. The molecular weight excluding hydrogens is 518 g/mol. The molecule has 1 unspecified atom stereocenters. The molecule has 11 heteroatoms. The number of aromatic nitrogens is 3.